The number of nitrogens with one attached hydrogen (secondary N) is 1. The molecule has 12 nitrogen and oxygen atoms in total. The highest BCUT2D eigenvalue weighted by Gasteiger charge is 2.41. The van der Waals surface area contributed by atoms with Crippen LogP contribution >= 0.6 is 0 Å². The summed E-state index contributed by atoms with van der Waals surface area (Å²) in [4.78, 5) is 30.2. The molecule has 9 rings (SSSR count). The van der Waals surface area contributed by atoms with E-state index in [-0.39, 0.29) is 18.0 Å². The van der Waals surface area contributed by atoms with Crippen LogP contribution in [0, 0.1) is 0 Å². The Morgan fingerprint density at radius 2 is 1.59 bits per heavy atom. The van der Waals surface area contributed by atoms with Gasteiger partial charge in [0.25, 0.3) is 11.8 Å². The van der Waals surface area contributed by atoms with Gasteiger partial charge in [0.2, 0.25) is 10.0 Å². The van der Waals surface area contributed by atoms with Gasteiger partial charge >= 0.3 is 0 Å². The van der Waals surface area contributed by atoms with Gasteiger partial charge in [-0.05, 0) is 84.7 Å². The molecule has 0 unspecified atom stereocenters. The van der Waals surface area contributed by atoms with Crippen LogP contribution in [0.1, 0.15) is 101 Å². The molecule has 13 heteroatoms. The minimum Gasteiger partial charge on any atom is -0.497 e. The first-order valence-electron chi connectivity index (χ1n) is 19.3. The minimum absolute atomic E-state index is 0.0985. The van der Waals surface area contributed by atoms with Crippen LogP contribution in [0.3, 0.4) is 0 Å². The van der Waals surface area contributed by atoms with Crippen LogP contribution in [0.2, 0.25) is 0 Å². The molecule has 3 aliphatic heterocycles. The van der Waals surface area contributed by atoms with E-state index in [0.717, 1.165) is 77.6 Å². The number of rotatable bonds is 7. The van der Waals surface area contributed by atoms with E-state index in [1.165, 1.54) is 12.0 Å². The van der Waals surface area contributed by atoms with Crippen molar-refractivity contribution in [1.29, 1.82) is 0 Å². The molecule has 5 heterocycles. The number of ether oxygens (including phenoxy) is 3. The topological polar surface area (TPSA) is 134 Å². The Labute approximate surface area is 315 Å². The number of sulfonamides is 1. The van der Waals surface area contributed by atoms with E-state index in [2.05, 4.69) is 26.5 Å². The number of hydrogen-bond donors (Lipinski definition) is 1. The molecule has 2 amide bonds. The molecular weight excluding hydrogens is 707 g/mol. The van der Waals surface area contributed by atoms with Crippen LogP contribution in [-0.4, -0.2) is 90.4 Å². The molecule has 2 saturated carbocycles. The number of aromatic nitrogens is 3. The molecule has 0 radical (unpaired) electrons. The summed E-state index contributed by atoms with van der Waals surface area (Å²) in [5.41, 5.74) is 7.56. The van der Waals surface area contributed by atoms with Crippen LogP contribution in [0.5, 0.6) is 5.75 Å². The zero-order valence-corrected chi connectivity index (χ0v) is 31.7. The zero-order chi connectivity index (χ0) is 37.1. The number of nitrogens with zero attached hydrogens (tertiary/aromatic N) is 4. The van der Waals surface area contributed by atoms with Crippen LogP contribution < -0.4 is 9.46 Å². The number of morpholine rings is 2. The Morgan fingerprint density at radius 3 is 2.30 bits per heavy atom. The zero-order valence-electron chi connectivity index (χ0n) is 30.9. The lowest BCUT2D eigenvalue weighted by atomic mass is 9.81. The van der Waals surface area contributed by atoms with Crippen LogP contribution in [0.4, 0.5) is 0 Å². The maximum absolute atomic E-state index is 14.5. The number of aryl methyl sites for hydroxylation is 1. The fraction of sp³-hybridized carbons (Fsp3) is 0.488. The predicted molar refractivity (Wildman–Crippen MR) is 205 cm³/mol. The fourth-order valence-corrected chi connectivity index (χ4v) is 11.1. The number of carbonyl (C=O) groups excluding carboxylic acids is 2. The average Bonchev–Trinajstić information content (AvgIpc) is 3.91. The molecule has 4 aromatic rings. The molecule has 2 saturated heterocycles. The molecule has 4 fully saturated rings. The maximum atomic E-state index is 14.5. The number of amides is 2. The average molecular weight is 754 g/mol. The Balaban J connectivity index is 1.21. The number of benzene rings is 2. The fourth-order valence-electron chi connectivity index (χ4n) is 9.64. The van der Waals surface area contributed by atoms with E-state index in [9.17, 15) is 18.0 Å². The first-order valence-corrected chi connectivity index (χ1v) is 20.9. The summed E-state index contributed by atoms with van der Waals surface area (Å²) >= 11 is 0. The lowest BCUT2D eigenvalue weighted by molar-refractivity contribution is -0.119. The molecule has 1 N–H and O–H groups in total. The summed E-state index contributed by atoms with van der Waals surface area (Å²) in [6.07, 6.45) is 12.3. The number of fused-ring (bicyclic) bond motifs is 7. The third kappa shape index (κ3) is 6.04. The van der Waals surface area contributed by atoms with Crippen LogP contribution in [0.25, 0.3) is 33.8 Å². The molecule has 2 aliphatic carbocycles. The Bertz CT molecular complexity index is 2260. The number of hydrogen-bond acceptors (Lipinski definition) is 8. The minimum atomic E-state index is -3.80. The molecule has 0 spiro atoms. The monoisotopic (exact) mass is 753 g/mol. The van der Waals surface area contributed by atoms with Crippen molar-refractivity contribution < 1.29 is 32.2 Å². The van der Waals surface area contributed by atoms with Gasteiger partial charge in [0.1, 0.15) is 5.75 Å². The summed E-state index contributed by atoms with van der Waals surface area (Å²) in [5.74, 6) is 0.317. The molecule has 54 heavy (non-hydrogen) atoms. The molecule has 2 aromatic carbocycles. The van der Waals surface area contributed by atoms with Crippen molar-refractivity contribution in [2.24, 2.45) is 7.05 Å². The van der Waals surface area contributed by atoms with Gasteiger partial charge in [-0.1, -0.05) is 38.2 Å². The maximum Gasteiger partial charge on any atom is 0.264 e. The Hall–Kier alpha value is -4.46. The van der Waals surface area contributed by atoms with Gasteiger partial charge in [-0.3, -0.25) is 14.3 Å². The highest BCUT2D eigenvalue weighted by molar-refractivity contribution is 7.90. The van der Waals surface area contributed by atoms with Gasteiger partial charge in [-0.25, -0.2) is 13.1 Å². The summed E-state index contributed by atoms with van der Waals surface area (Å²) in [6, 6.07) is 11.4. The van der Waals surface area contributed by atoms with E-state index >= 15 is 0 Å². The quantitative estimate of drug-likeness (QED) is 0.247. The molecule has 2 bridgehead atoms. The van der Waals surface area contributed by atoms with Gasteiger partial charge < -0.3 is 23.7 Å². The predicted octanol–water partition coefficient (Wildman–Crippen LogP) is 5.89. The third-order valence-electron chi connectivity index (χ3n) is 12.3. The number of allylic oxidation sites excluding steroid dienone is 1. The van der Waals surface area contributed by atoms with Gasteiger partial charge in [-0.15, -0.1) is 0 Å². The summed E-state index contributed by atoms with van der Waals surface area (Å²) in [7, 11) is -0.278. The first kappa shape index (κ1) is 35.3. The lowest BCUT2D eigenvalue weighted by Crippen LogP contribution is -2.61. The normalized spacial score (nSPS) is 22.0. The van der Waals surface area contributed by atoms with Crippen LogP contribution in [0.15, 0.2) is 42.6 Å². The van der Waals surface area contributed by atoms with E-state index in [0.29, 0.717) is 68.6 Å². The lowest BCUT2D eigenvalue weighted by Gasteiger charge is -2.45. The van der Waals surface area contributed by atoms with Crippen molar-refractivity contribution in [3.05, 3.63) is 70.5 Å². The standard InChI is InChI=1S/C41H47N5O7S/c1-44-38(35(19-42-44)41(48)46-29-21-52-23-30(46)24-53-22-29)28-16-27-17-31(51-2)13-15-33(27)39-37(25-8-4-3-5-9-25)34-14-12-26(18-36(34)45(39)20-28)40(47)43-54(49,50)32-10-6-7-11-32/h12-19,25,29-30,32H,3-11,20-24H2,1-2H3,(H,43,47). The number of carbonyl (C=O) groups is 2. The highest BCUT2D eigenvalue weighted by Crippen LogP contribution is 2.48. The SMILES string of the molecule is COc1ccc2c(c1)C=C(c1c(C(=O)N3C4COCC3COC4)cnn1C)Cn1c-2c(C2CCCCC2)c2ccc(C(=O)NS(=O)(=O)C3CCCC3)cc21. The molecule has 2 aromatic heterocycles. The first-order chi connectivity index (χ1) is 26.2. The second-order valence-corrected chi connectivity index (χ2v) is 17.5. The molecule has 0 atom stereocenters. The third-order valence-corrected chi connectivity index (χ3v) is 14.1. The van der Waals surface area contributed by atoms with Crippen molar-refractivity contribution in [2.45, 2.75) is 87.6 Å². The summed E-state index contributed by atoms with van der Waals surface area (Å²) in [6.45, 7) is 2.09. The van der Waals surface area contributed by atoms with Crippen molar-refractivity contribution in [2.75, 3.05) is 33.5 Å². The number of methoxy groups -OCH3 is 1. The van der Waals surface area contributed by atoms with Gasteiger partial charge in [0.15, 0.2) is 0 Å². The second kappa shape index (κ2) is 14.0. The largest absolute Gasteiger partial charge is 0.497 e. The Kier molecular flexibility index (Phi) is 9.14. The van der Waals surface area contributed by atoms with E-state index in [1.54, 1.807) is 24.1 Å². The second-order valence-electron chi connectivity index (χ2n) is 15.5. The van der Waals surface area contributed by atoms with Gasteiger partial charge in [-0.2, -0.15) is 5.10 Å². The van der Waals surface area contributed by atoms with Crippen LogP contribution in [-0.2, 0) is 33.1 Å². The smallest absolute Gasteiger partial charge is 0.264 e. The van der Waals surface area contributed by atoms with Gasteiger partial charge in [0, 0.05) is 29.1 Å². The van der Waals surface area contributed by atoms with E-state index in [1.807, 2.05) is 36.2 Å². The summed E-state index contributed by atoms with van der Waals surface area (Å²) in [5, 5.41) is 5.15. The van der Waals surface area contributed by atoms with Crippen molar-refractivity contribution in [1.82, 2.24) is 24.0 Å². The van der Waals surface area contributed by atoms with Gasteiger partial charge in [0.05, 0.1) is 80.6 Å². The molecule has 5 aliphatic rings. The van der Waals surface area contributed by atoms with Crippen molar-refractivity contribution in [3.8, 4) is 17.0 Å². The Morgan fingerprint density at radius 1 is 0.889 bits per heavy atom. The van der Waals surface area contributed by atoms with Crippen molar-refractivity contribution in [3.63, 3.8) is 0 Å². The summed E-state index contributed by atoms with van der Waals surface area (Å²) < 4.78 is 50.2. The molecule has 284 valence electrons. The van der Waals surface area contributed by atoms with Crippen molar-refractivity contribution >= 4 is 44.4 Å². The van der Waals surface area contributed by atoms with E-state index < -0.39 is 21.2 Å². The molecular formula is C41H47N5O7S. The highest BCUT2D eigenvalue weighted by atomic mass is 32.2. The van der Waals surface area contributed by atoms with E-state index in [4.69, 9.17) is 14.2 Å².